The minimum atomic E-state index is -0.413. The van der Waals surface area contributed by atoms with Gasteiger partial charge in [0.15, 0.2) is 0 Å². The van der Waals surface area contributed by atoms with Crippen molar-refractivity contribution in [2.45, 2.75) is 50.9 Å². The van der Waals surface area contributed by atoms with E-state index in [1.807, 2.05) is 10.8 Å². The molecule has 5 rings (SSSR count). The van der Waals surface area contributed by atoms with E-state index in [2.05, 4.69) is 81.6 Å². The lowest BCUT2D eigenvalue weighted by atomic mass is 9.84. The number of hydrogen-bond donors (Lipinski definition) is 1. The molecule has 3 aromatic rings. The minimum Gasteiger partial charge on any atom is -0.352 e. The molecule has 33 heavy (non-hydrogen) atoms. The van der Waals surface area contributed by atoms with Gasteiger partial charge in [0.05, 0.1) is 11.9 Å². The fraction of sp³-hybridized carbons (Fsp3) is 0.407. The van der Waals surface area contributed by atoms with E-state index >= 15 is 0 Å². The third kappa shape index (κ3) is 4.87. The monoisotopic (exact) mass is 443 g/mol. The van der Waals surface area contributed by atoms with Crippen LogP contribution in [0.3, 0.4) is 0 Å². The molecule has 0 bridgehead atoms. The molecule has 6 heteroatoms. The lowest BCUT2D eigenvalue weighted by Crippen LogP contribution is -2.66. The number of carbonyl (C=O) groups is 1. The number of imidazole rings is 1. The van der Waals surface area contributed by atoms with Crippen molar-refractivity contribution < 1.29 is 4.79 Å². The highest BCUT2D eigenvalue weighted by Crippen LogP contribution is 2.33. The summed E-state index contributed by atoms with van der Waals surface area (Å²) >= 11 is 0. The molecular weight excluding hydrogens is 410 g/mol. The Hall–Kier alpha value is -2.96. The van der Waals surface area contributed by atoms with Crippen molar-refractivity contribution >= 4 is 5.91 Å². The van der Waals surface area contributed by atoms with E-state index in [1.165, 1.54) is 11.1 Å². The predicted octanol–water partition coefficient (Wildman–Crippen LogP) is 3.62. The largest absolute Gasteiger partial charge is 0.352 e. The second-order valence-electron chi connectivity index (χ2n) is 9.59. The van der Waals surface area contributed by atoms with Gasteiger partial charge in [-0.25, -0.2) is 4.98 Å². The van der Waals surface area contributed by atoms with E-state index in [0.29, 0.717) is 0 Å². The van der Waals surface area contributed by atoms with Crippen molar-refractivity contribution in [1.82, 2.24) is 24.7 Å². The van der Waals surface area contributed by atoms with Crippen molar-refractivity contribution in [3.8, 4) is 5.69 Å². The Bertz CT molecular complexity index is 1040. The van der Waals surface area contributed by atoms with Crippen LogP contribution in [-0.4, -0.2) is 56.5 Å². The highest BCUT2D eigenvalue weighted by molar-refractivity contribution is 5.87. The van der Waals surface area contributed by atoms with Gasteiger partial charge in [0.25, 0.3) is 0 Å². The Balaban J connectivity index is 1.12. The van der Waals surface area contributed by atoms with E-state index in [1.54, 1.807) is 12.5 Å². The Kier molecular flexibility index (Phi) is 6.29. The molecule has 1 N–H and O–H groups in total. The molecule has 2 aliphatic rings. The van der Waals surface area contributed by atoms with E-state index in [4.69, 9.17) is 0 Å². The SMILES string of the molecule is CC1(C(=O)NC2CCN(Cc3ccccc3)CC2)CCN1Cc1ccc(-n2ccnc2)cc1. The number of aromatic nitrogens is 2. The van der Waals surface area contributed by atoms with Gasteiger partial charge in [-0.1, -0.05) is 42.5 Å². The van der Waals surface area contributed by atoms with Gasteiger partial charge in [-0.15, -0.1) is 0 Å². The van der Waals surface area contributed by atoms with Crippen molar-refractivity contribution in [3.05, 3.63) is 84.4 Å². The van der Waals surface area contributed by atoms with Crippen LogP contribution in [0, 0.1) is 0 Å². The molecule has 0 radical (unpaired) electrons. The first-order chi connectivity index (χ1) is 16.1. The number of rotatable bonds is 7. The lowest BCUT2D eigenvalue weighted by molar-refractivity contribution is -0.143. The summed E-state index contributed by atoms with van der Waals surface area (Å²) in [5.41, 5.74) is 3.27. The number of piperidine rings is 1. The molecule has 0 aliphatic carbocycles. The first kappa shape index (κ1) is 21.9. The molecule has 1 atom stereocenters. The van der Waals surface area contributed by atoms with E-state index < -0.39 is 5.54 Å². The molecule has 2 saturated heterocycles. The van der Waals surface area contributed by atoms with Gasteiger partial charge in [-0.3, -0.25) is 14.6 Å². The van der Waals surface area contributed by atoms with Gasteiger partial charge < -0.3 is 9.88 Å². The van der Waals surface area contributed by atoms with Crippen LogP contribution in [0.2, 0.25) is 0 Å². The average Bonchev–Trinajstić information content (AvgIpc) is 3.39. The molecule has 3 heterocycles. The molecule has 2 aliphatic heterocycles. The zero-order valence-corrected chi connectivity index (χ0v) is 19.4. The van der Waals surface area contributed by atoms with Gasteiger partial charge in [0.2, 0.25) is 5.91 Å². The smallest absolute Gasteiger partial charge is 0.240 e. The van der Waals surface area contributed by atoms with Crippen LogP contribution in [0.25, 0.3) is 5.69 Å². The summed E-state index contributed by atoms with van der Waals surface area (Å²) < 4.78 is 2.00. The number of carbonyl (C=O) groups excluding carboxylic acids is 1. The summed E-state index contributed by atoms with van der Waals surface area (Å²) in [6.07, 6.45) is 8.48. The number of hydrogen-bond acceptors (Lipinski definition) is 4. The van der Waals surface area contributed by atoms with Crippen molar-refractivity contribution in [2.24, 2.45) is 0 Å². The number of benzene rings is 2. The highest BCUT2D eigenvalue weighted by atomic mass is 16.2. The Morgan fingerprint density at radius 3 is 2.36 bits per heavy atom. The first-order valence-electron chi connectivity index (χ1n) is 12.0. The van der Waals surface area contributed by atoms with E-state index in [0.717, 1.165) is 57.7 Å². The van der Waals surface area contributed by atoms with Gasteiger partial charge in [0, 0.05) is 56.8 Å². The predicted molar refractivity (Wildman–Crippen MR) is 130 cm³/mol. The molecule has 1 aromatic heterocycles. The fourth-order valence-electron chi connectivity index (χ4n) is 4.94. The van der Waals surface area contributed by atoms with Crippen molar-refractivity contribution in [2.75, 3.05) is 19.6 Å². The molecular formula is C27H33N5O. The van der Waals surface area contributed by atoms with Crippen molar-refractivity contribution in [3.63, 3.8) is 0 Å². The maximum Gasteiger partial charge on any atom is 0.240 e. The zero-order chi connectivity index (χ0) is 22.7. The summed E-state index contributed by atoms with van der Waals surface area (Å²) in [6, 6.07) is 19.4. The molecule has 6 nitrogen and oxygen atoms in total. The third-order valence-corrected chi connectivity index (χ3v) is 7.34. The second kappa shape index (κ2) is 9.49. The minimum absolute atomic E-state index is 0.185. The Labute approximate surface area is 196 Å². The van der Waals surface area contributed by atoms with Gasteiger partial charge >= 0.3 is 0 Å². The van der Waals surface area contributed by atoms with Gasteiger partial charge in [-0.2, -0.15) is 0 Å². The maximum absolute atomic E-state index is 13.2. The van der Waals surface area contributed by atoms with Crippen LogP contribution >= 0.6 is 0 Å². The summed E-state index contributed by atoms with van der Waals surface area (Å²) in [5, 5.41) is 3.37. The summed E-state index contributed by atoms with van der Waals surface area (Å²) in [7, 11) is 0. The number of amides is 1. The first-order valence-corrected chi connectivity index (χ1v) is 12.0. The second-order valence-corrected chi connectivity index (χ2v) is 9.59. The number of likely N-dealkylation sites (tertiary alicyclic amines) is 2. The standard InChI is InChI=1S/C27H33N5O/c1-27(13-17-32(27)20-23-7-9-25(10-8-23)31-18-14-28-21-31)26(33)29-24-11-15-30(16-12-24)19-22-5-3-2-4-6-22/h2-10,14,18,21,24H,11-13,15-17,19-20H2,1H3,(H,29,33). The highest BCUT2D eigenvalue weighted by Gasteiger charge is 2.47. The number of nitrogens with one attached hydrogen (secondary N) is 1. The number of nitrogens with zero attached hydrogens (tertiary/aromatic N) is 4. The van der Waals surface area contributed by atoms with Crippen LogP contribution in [0.4, 0.5) is 0 Å². The van der Waals surface area contributed by atoms with Crippen LogP contribution in [0.5, 0.6) is 0 Å². The fourth-order valence-corrected chi connectivity index (χ4v) is 4.94. The van der Waals surface area contributed by atoms with Gasteiger partial charge in [0.1, 0.15) is 0 Å². The summed E-state index contributed by atoms with van der Waals surface area (Å²) in [4.78, 5) is 22.1. The van der Waals surface area contributed by atoms with E-state index in [9.17, 15) is 4.79 Å². The van der Waals surface area contributed by atoms with Gasteiger partial charge in [-0.05, 0) is 49.4 Å². The quantitative estimate of drug-likeness (QED) is 0.606. The third-order valence-electron chi connectivity index (χ3n) is 7.34. The van der Waals surface area contributed by atoms with Crippen LogP contribution in [0.15, 0.2) is 73.3 Å². The normalized spacial score (nSPS) is 22.1. The maximum atomic E-state index is 13.2. The molecule has 1 unspecified atom stereocenters. The summed E-state index contributed by atoms with van der Waals surface area (Å²) in [6.45, 7) is 6.91. The van der Waals surface area contributed by atoms with Crippen molar-refractivity contribution in [1.29, 1.82) is 0 Å². The lowest BCUT2D eigenvalue weighted by Gasteiger charge is -2.50. The Morgan fingerprint density at radius 1 is 1.00 bits per heavy atom. The van der Waals surface area contributed by atoms with Crippen LogP contribution < -0.4 is 5.32 Å². The van der Waals surface area contributed by atoms with E-state index in [-0.39, 0.29) is 11.9 Å². The summed E-state index contributed by atoms with van der Waals surface area (Å²) in [5.74, 6) is 0.185. The van der Waals surface area contributed by atoms with Crippen LogP contribution in [-0.2, 0) is 17.9 Å². The molecule has 1 amide bonds. The molecule has 172 valence electrons. The molecule has 0 spiro atoms. The zero-order valence-electron chi connectivity index (χ0n) is 19.4. The van der Waals surface area contributed by atoms with Crippen LogP contribution in [0.1, 0.15) is 37.3 Å². The molecule has 2 fully saturated rings. The molecule has 0 saturated carbocycles. The average molecular weight is 444 g/mol. The Morgan fingerprint density at radius 2 is 1.73 bits per heavy atom. The topological polar surface area (TPSA) is 53.4 Å². The molecule has 2 aromatic carbocycles.